The average molecular weight is 374 g/mol. The van der Waals surface area contributed by atoms with Gasteiger partial charge in [-0.25, -0.2) is 17.9 Å². The lowest BCUT2D eigenvalue weighted by Crippen LogP contribution is -2.27. The van der Waals surface area contributed by atoms with Crippen molar-refractivity contribution < 1.29 is 22.7 Å². The summed E-state index contributed by atoms with van der Waals surface area (Å²) in [6.45, 7) is 0. The first-order chi connectivity index (χ1) is 12.4. The van der Waals surface area contributed by atoms with Crippen LogP contribution >= 0.6 is 0 Å². The summed E-state index contributed by atoms with van der Waals surface area (Å²) in [7, 11) is -3.70. The van der Waals surface area contributed by atoms with Gasteiger partial charge in [0, 0.05) is 11.6 Å². The molecule has 2 aromatic carbocycles. The highest BCUT2D eigenvalue weighted by Crippen LogP contribution is 2.23. The molecule has 0 radical (unpaired) electrons. The molecule has 2 aromatic rings. The van der Waals surface area contributed by atoms with Gasteiger partial charge in [-0.05, 0) is 31.0 Å². The van der Waals surface area contributed by atoms with Crippen molar-refractivity contribution in [3.8, 4) is 0 Å². The number of ether oxygens (including phenoxy) is 1. The first-order valence-electron chi connectivity index (χ1n) is 8.04. The molecule has 136 valence electrons. The van der Waals surface area contributed by atoms with Gasteiger partial charge in [0.15, 0.2) is 0 Å². The molecule has 1 amide bonds. The number of nitrogens with one attached hydrogen (secondary N) is 1. The SMILES string of the molecule is NC(=O)C(OC(=O)c1cccc(S(=O)(=O)NC2CC2)c1)c1ccccc1. The van der Waals surface area contributed by atoms with E-state index in [1.54, 1.807) is 30.3 Å². The van der Waals surface area contributed by atoms with Gasteiger partial charge in [-0.3, -0.25) is 4.79 Å². The van der Waals surface area contributed by atoms with Crippen LogP contribution in [0.15, 0.2) is 59.5 Å². The minimum absolute atomic E-state index is 0.0193. The molecule has 0 heterocycles. The number of esters is 1. The Labute approximate surface area is 151 Å². The highest BCUT2D eigenvalue weighted by atomic mass is 32.2. The Kier molecular flexibility index (Phi) is 5.06. The first-order valence-corrected chi connectivity index (χ1v) is 9.53. The van der Waals surface area contributed by atoms with Crippen LogP contribution in [0.1, 0.15) is 34.9 Å². The van der Waals surface area contributed by atoms with E-state index in [0.29, 0.717) is 5.56 Å². The maximum atomic E-state index is 12.4. The van der Waals surface area contributed by atoms with Gasteiger partial charge in [-0.15, -0.1) is 0 Å². The van der Waals surface area contributed by atoms with Gasteiger partial charge in [0.25, 0.3) is 5.91 Å². The first kappa shape index (κ1) is 18.1. The number of nitrogens with two attached hydrogens (primary N) is 1. The van der Waals surface area contributed by atoms with E-state index in [9.17, 15) is 18.0 Å². The molecule has 1 saturated carbocycles. The molecule has 0 saturated heterocycles. The van der Waals surface area contributed by atoms with Crippen LogP contribution < -0.4 is 10.5 Å². The molecule has 0 aromatic heterocycles. The fourth-order valence-electron chi connectivity index (χ4n) is 2.37. The summed E-state index contributed by atoms with van der Waals surface area (Å²) in [6.07, 6.45) is 0.352. The second kappa shape index (κ2) is 7.27. The van der Waals surface area contributed by atoms with Crippen LogP contribution in [0, 0.1) is 0 Å². The summed E-state index contributed by atoms with van der Waals surface area (Å²) >= 11 is 0. The summed E-state index contributed by atoms with van der Waals surface area (Å²) in [5.74, 6) is -1.65. The van der Waals surface area contributed by atoms with Crippen molar-refractivity contribution in [3.63, 3.8) is 0 Å². The number of primary amides is 1. The predicted molar refractivity (Wildman–Crippen MR) is 93.6 cm³/mol. The van der Waals surface area contributed by atoms with Gasteiger partial charge >= 0.3 is 5.97 Å². The molecule has 1 unspecified atom stereocenters. The van der Waals surface area contributed by atoms with E-state index in [-0.39, 0.29) is 16.5 Å². The highest BCUT2D eigenvalue weighted by molar-refractivity contribution is 7.89. The maximum absolute atomic E-state index is 12.4. The number of hydrogen-bond donors (Lipinski definition) is 2. The van der Waals surface area contributed by atoms with Crippen LogP contribution in [0.2, 0.25) is 0 Å². The van der Waals surface area contributed by atoms with Crippen molar-refractivity contribution in [1.29, 1.82) is 0 Å². The van der Waals surface area contributed by atoms with E-state index in [4.69, 9.17) is 10.5 Å². The summed E-state index contributed by atoms with van der Waals surface area (Å²) in [5, 5.41) is 0. The fraction of sp³-hybridized carbons (Fsp3) is 0.222. The van der Waals surface area contributed by atoms with Crippen LogP contribution in [0.4, 0.5) is 0 Å². The van der Waals surface area contributed by atoms with Gasteiger partial charge in [-0.1, -0.05) is 36.4 Å². The normalized spacial score (nSPS) is 15.2. The lowest BCUT2D eigenvalue weighted by molar-refractivity contribution is -0.127. The second-order valence-corrected chi connectivity index (χ2v) is 7.74. The number of carbonyl (C=O) groups excluding carboxylic acids is 2. The second-order valence-electron chi connectivity index (χ2n) is 6.02. The van der Waals surface area contributed by atoms with Crippen LogP contribution in [-0.2, 0) is 19.6 Å². The molecule has 0 bridgehead atoms. The number of benzene rings is 2. The van der Waals surface area contributed by atoms with E-state index in [1.807, 2.05) is 0 Å². The zero-order valence-electron chi connectivity index (χ0n) is 13.8. The fourth-order valence-corrected chi connectivity index (χ4v) is 3.72. The Morgan fingerprint density at radius 3 is 2.38 bits per heavy atom. The number of amides is 1. The molecule has 0 aliphatic heterocycles. The monoisotopic (exact) mass is 374 g/mol. The van der Waals surface area contributed by atoms with E-state index in [0.717, 1.165) is 12.8 Å². The predicted octanol–water partition coefficient (Wildman–Crippen LogP) is 1.51. The quantitative estimate of drug-likeness (QED) is 0.713. The van der Waals surface area contributed by atoms with Crippen LogP contribution in [0.5, 0.6) is 0 Å². The summed E-state index contributed by atoms with van der Waals surface area (Å²) in [6, 6.07) is 13.8. The van der Waals surface area contributed by atoms with Gasteiger partial charge < -0.3 is 10.5 Å². The molecule has 0 spiro atoms. The smallest absolute Gasteiger partial charge is 0.339 e. The van der Waals surface area contributed by atoms with Gasteiger partial charge in [-0.2, -0.15) is 0 Å². The van der Waals surface area contributed by atoms with Crippen molar-refractivity contribution in [2.45, 2.75) is 29.9 Å². The molecular weight excluding hydrogens is 356 g/mol. The number of rotatable bonds is 7. The lowest BCUT2D eigenvalue weighted by Gasteiger charge is -2.15. The van der Waals surface area contributed by atoms with Crippen molar-refractivity contribution in [1.82, 2.24) is 4.72 Å². The summed E-state index contributed by atoms with van der Waals surface area (Å²) in [5.41, 5.74) is 5.79. The topological polar surface area (TPSA) is 116 Å². The molecular formula is C18H18N2O5S. The zero-order chi connectivity index (χ0) is 18.7. The highest BCUT2D eigenvalue weighted by Gasteiger charge is 2.29. The van der Waals surface area contributed by atoms with Gasteiger partial charge in [0.1, 0.15) is 0 Å². The van der Waals surface area contributed by atoms with E-state index < -0.39 is 28.0 Å². The summed E-state index contributed by atoms with van der Waals surface area (Å²) < 4.78 is 32.3. The number of hydrogen-bond acceptors (Lipinski definition) is 5. The minimum Gasteiger partial charge on any atom is -0.444 e. The number of carbonyl (C=O) groups is 2. The molecule has 1 atom stereocenters. The Morgan fingerprint density at radius 1 is 1.08 bits per heavy atom. The standard InChI is InChI=1S/C18H18N2O5S/c19-17(21)16(12-5-2-1-3-6-12)25-18(22)13-7-4-8-15(11-13)26(23,24)20-14-9-10-14/h1-8,11,14,16,20H,9-10H2,(H2,19,21). The Morgan fingerprint density at radius 2 is 1.77 bits per heavy atom. The molecule has 3 rings (SSSR count). The van der Waals surface area contributed by atoms with Gasteiger partial charge in [0.2, 0.25) is 16.1 Å². The van der Waals surface area contributed by atoms with Crippen LogP contribution in [-0.4, -0.2) is 26.3 Å². The Bertz CT molecular complexity index is 924. The molecule has 1 aliphatic rings. The van der Waals surface area contributed by atoms with Crippen LogP contribution in [0.25, 0.3) is 0 Å². The third-order valence-corrected chi connectivity index (χ3v) is 5.38. The van der Waals surface area contributed by atoms with E-state index in [1.165, 1.54) is 24.3 Å². The lowest BCUT2D eigenvalue weighted by atomic mass is 10.1. The van der Waals surface area contributed by atoms with Crippen molar-refractivity contribution >= 4 is 21.9 Å². The molecule has 3 N–H and O–H groups in total. The van der Waals surface area contributed by atoms with Crippen molar-refractivity contribution in [2.24, 2.45) is 5.73 Å². The third-order valence-electron chi connectivity index (χ3n) is 3.86. The van der Waals surface area contributed by atoms with Gasteiger partial charge in [0.05, 0.1) is 10.5 Å². The largest absolute Gasteiger partial charge is 0.444 e. The minimum atomic E-state index is -3.70. The molecule has 7 nitrogen and oxygen atoms in total. The molecule has 1 fully saturated rings. The van der Waals surface area contributed by atoms with E-state index >= 15 is 0 Å². The van der Waals surface area contributed by atoms with Crippen molar-refractivity contribution in [2.75, 3.05) is 0 Å². The van der Waals surface area contributed by atoms with Crippen LogP contribution in [0.3, 0.4) is 0 Å². The third kappa shape index (κ3) is 4.27. The molecule has 8 heteroatoms. The Hall–Kier alpha value is -2.71. The summed E-state index contributed by atoms with van der Waals surface area (Å²) in [4.78, 5) is 24.0. The van der Waals surface area contributed by atoms with Crippen molar-refractivity contribution in [3.05, 3.63) is 65.7 Å². The molecule has 1 aliphatic carbocycles. The number of sulfonamides is 1. The Balaban J connectivity index is 1.81. The zero-order valence-corrected chi connectivity index (χ0v) is 14.6. The van der Waals surface area contributed by atoms with E-state index in [2.05, 4.69) is 4.72 Å². The average Bonchev–Trinajstić information content (AvgIpc) is 3.43. The molecule has 26 heavy (non-hydrogen) atoms. The maximum Gasteiger partial charge on any atom is 0.339 e.